The molecule has 1 N–H and O–H groups in total. The Labute approximate surface area is 150 Å². The number of nitrogens with one attached hydrogen (secondary N) is 1. The summed E-state index contributed by atoms with van der Waals surface area (Å²) < 4.78 is 28.7. The summed E-state index contributed by atoms with van der Waals surface area (Å²) in [7, 11) is 0. The number of ether oxygens (including phenoxy) is 1. The third-order valence-electron chi connectivity index (χ3n) is 3.89. The average molecular weight is 356 g/mol. The minimum atomic E-state index is -2.82. The first kappa shape index (κ1) is 17.7. The molecule has 0 saturated heterocycles. The zero-order valence-corrected chi connectivity index (χ0v) is 14.4. The lowest BCUT2D eigenvalue weighted by Gasteiger charge is -2.12. The number of rotatable bonds is 6. The van der Waals surface area contributed by atoms with E-state index >= 15 is 0 Å². The fourth-order valence-corrected chi connectivity index (χ4v) is 2.39. The maximum atomic E-state index is 12.2. The maximum Gasteiger partial charge on any atom is 0.387 e. The van der Waals surface area contributed by atoms with Crippen LogP contribution in [0.1, 0.15) is 16.8 Å². The van der Waals surface area contributed by atoms with Crippen molar-refractivity contribution in [3.63, 3.8) is 0 Å². The summed E-state index contributed by atoms with van der Waals surface area (Å²) >= 11 is 0. The molecule has 0 aliphatic carbocycles. The summed E-state index contributed by atoms with van der Waals surface area (Å²) in [6.45, 7) is 1.54. The van der Waals surface area contributed by atoms with Crippen LogP contribution in [0, 0.1) is 13.8 Å². The molecule has 0 aliphatic rings. The molecule has 2 aromatic heterocycles. The van der Waals surface area contributed by atoms with Crippen molar-refractivity contribution in [2.24, 2.45) is 0 Å². The van der Waals surface area contributed by atoms with Crippen LogP contribution in [-0.2, 0) is 6.54 Å². The fourth-order valence-electron chi connectivity index (χ4n) is 2.39. The second-order valence-electron chi connectivity index (χ2n) is 5.70. The van der Waals surface area contributed by atoms with E-state index in [2.05, 4.69) is 25.0 Å². The Bertz CT molecular complexity index is 871. The molecular weight excluding hydrogens is 338 g/mol. The van der Waals surface area contributed by atoms with Crippen LogP contribution in [0.15, 0.2) is 48.7 Å². The van der Waals surface area contributed by atoms with Gasteiger partial charge in [-0.25, -0.2) is 9.97 Å². The molecule has 1 aromatic carbocycles. The highest BCUT2D eigenvalue weighted by molar-refractivity contribution is 5.56. The Morgan fingerprint density at radius 1 is 1.04 bits per heavy atom. The highest BCUT2D eigenvalue weighted by Gasteiger charge is 2.10. The number of alkyl halides is 2. The van der Waals surface area contributed by atoms with E-state index in [0.717, 1.165) is 16.8 Å². The standard InChI is InChI=1S/C19H18F2N4O/c1-12-13(2)24-18(16-5-3-4-10-22-16)25-17(12)23-11-14-6-8-15(9-7-14)26-19(20)21/h3-10,19H,11H2,1-2H3,(H,23,24,25). The van der Waals surface area contributed by atoms with Gasteiger partial charge in [0.15, 0.2) is 5.82 Å². The number of benzene rings is 1. The predicted octanol–water partition coefficient (Wildman–Crippen LogP) is 4.37. The number of pyridine rings is 1. The largest absolute Gasteiger partial charge is 0.435 e. The number of anilines is 1. The van der Waals surface area contributed by atoms with Gasteiger partial charge in [-0.1, -0.05) is 18.2 Å². The summed E-state index contributed by atoms with van der Waals surface area (Å²) in [6, 6.07) is 12.1. The lowest BCUT2D eigenvalue weighted by atomic mass is 10.2. The maximum absolute atomic E-state index is 12.2. The lowest BCUT2D eigenvalue weighted by Crippen LogP contribution is -2.07. The second-order valence-corrected chi connectivity index (χ2v) is 5.70. The topological polar surface area (TPSA) is 59.9 Å². The first-order valence-corrected chi connectivity index (χ1v) is 8.07. The fraction of sp³-hybridized carbons (Fsp3) is 0.211. The van der Waals surface area contributed by atoms with Crippen molar-refractivity contribution in [3.05, 3.63) is 65.5 Å². The van der Waals surface area contributed by atoms with E-state index in [1.165, 1.54) is 12.1 Å². The molecule has 0 bridgehead atoms. The molecule has 0 aliphatic heterocycles. The van der Waals surface area contributed by atoms with Crippen LogP contribution in [-0.4, -0.2) is 21.6 Å². The molecule has 0 unspecified atom stereocenters. The van der Waals surface area contributed by atoms with Crippen LogP contribution in [0.5, 0.6) is 5.75 Å². The van der Waals surface area contributed by atoms with Crippen molar-refractivity contribution in [1.29, 1.82) is 0 Å². The molecule has 0 fully saturated rings. The smallest absolute Gasteiger partial charge is 0.387 e. The van der Waals surface area contributed by atoms with Gasteiger partial charge in [-0.3, -0.25) is 4.98 Å². The van der Waals surface area contributed by atoms with Gasteiger partial charge in [0, 0.05) is 24.0 Å². The van der Waals surface area contributed by atoms with Crippen LogP contribution in [0.2, 0.25) is 0 Å². The van der Waals surface area contributed by atoms with Crippen molar-refractivity contribution in [2.75, 3.05) is 5.32 Å². The van der Waals surface area contributed by atoms with Gasteiger partial charge in [0.05, 0.1) is 0 Å². The molecule has 134 valence electrons. The molecule has 3 rings (SSSR count). The molecular formula is C19H18F2N4O. The minimum Gasteiger partial charge on any atom is -0.435 e. The zero-order valence-electron chi connectivity index (χ0n) is 14.4. The van der Waals surface area contributed by atoms with Gasteiger partial charge in [0.1, 0.15) is 17.3 Å². The van der Waals surface area contributed by atoms with Crippen molar-refractivity contribution in [3.8, 4) is 17.3 Å². The van der Waals surface area contributed by atoms with Crippen LogP contribution >= 0.6 is 0 Å². The van der Waals surface area contributed by atoms with Crippen LogP contribution in [0.3, 0.4) is 0 Å². The Kier molecular flexibility index (Phi) is 5.36. The quantitative estimate of drug-likeness (QED) is 0.711. The summed E-state index contributed by atoms with van der Waals surface area (Å²) in [4.78, 5) is 13.3. The van der Waals surface area contributed by atoms with Crippen molar-refractivity contribution < 1.29 is 13.5 Å². The van der Waals surface area contributed by atoms with Gasteiger partial charge in [0.2, 0.25) is 0 Å². The van der Waals surface area contributed by atoms with Crippen molar-refractivity contribution in [1.82, 2.24) is 15.0 Å². The molecule has 2 heterocycles. The van der Waals surface area contributed by atoms with Gasteiger partial charge in [0.25, 0.3) is 0 Å². The average Bonchev–Trinajstić information content (AvgIpc) is 2.64. The summed E-state index contributed by atoms with van der Waals surface area (Å²) in [6.07, 6.45) is 1.70. The number of halogens is 2. The van der Waals surface area contributed by atoms with Gasteiger partial charge in [-0.2, -0.15) is 8.78 Å². The normalized spacial score (nSPS) is 10.8. The van der Waals surface area contributed by atoms with E-state index < -0.39 is 6.61 Å². The number of aryl methyl sites for hydroxylation is 1. The molecule has 3 aromatic rings. The first-order chi connectivity index (χ1) is 12.5. The highest BCUT2D eigenvalue weighted by Crippen LogP contribution is 2.21. The van der Waals surface area contributed by atoms with Crippen LogP contribution in [0.25, 0.3) is 11.5 Å². The summed E-state index contributed by atoms with van der Waals surface area (Å²) in [5.41, 5.74) is 3.43. The zero-order chi connectivity index (χ0) is 18.5. The van der Waals surface area contributed by atoms with E-state index in [4.69, 9.17) is 0 Å². The van der Waals surface area contributed by atoms with Gasteiger partial charge >= 0.3 is 6.61 Å². The van der Waals surface area contributed by atoms with E-state index in [0.29, 0.717) is 23.9 Å². The van der Waals surface area contributed by atoms with E-state index in [1.54, 1.807) is 18.3 Å². The van der Waals surface area contributed by atoms with Crippen LogP contribution < -0.4 is 10.1 Å². The Hall–Kier alpha value is -3.09. The first-order valence-electron chi connectivity index (χ1n) is 8.07. The number of nitrogens with zero attached hydrogens (tertiary/aromatic N) is 3. The third kappa shape index (κ3) is 4.30. The molecule has 7 heteroatoms. The SMILES string of the molecule is Cc1nc(-c2ccccn2)nc(NCc2ccc(OC(F)F)cc2)c1C. The summed E-state index contributed by atoms with van der Waals surface area (Å²) in [5, 5.41) is 3.27. The van der Waals surface area contributed by atoms with Gasteiger partial charge in [-0.15, -0.1) is 0 Å². The van der Waals surface area contributed by atoms with E-state index in [9.17, 15) is 8.78 Å². The molecule has 26 heavy (non-hydrogen) atoms. The summed E-state index contributed by atoms with van der Waals surface area (Å²) in [5.74, 6) is 1.40. The predicted molar refractivity (Wildman–Crippen MR) is 95.1 cm³/mol. The Morgan fingerprint density at radius 2 is 1.81 bits per heavy atom. The van der Waals surface area contributed by atoms with E-state index in [1.807, 2.05) is 32.0 Å². The number of aromatic nitrogens is 3. The van der Waals surface area contributed by atoms with Gasteiger partial charge in [-0.05, 0) is 43.7 Å². The third-order valence-corrected chi connectivity index (χ3v) is 3.89. The molecule has 0 atom stereocenters. The Balaban J connectivity index is 1.76. The molecule has 5 nitrogen and oxygen atoms in total. The molecule has 0 amide bonds. The second kappa shape index (κ2) is 7.86. The molecule has 0 spiro atoms. The van der Waals surface area contributed by atoms with Crippen LogP contribution in [0.4, 0.5) is 14.6 Å². The minimum absolute atomic E-state index is 0.134. The molecule has 0 saturated carbocycles. The number of hydrogen-bond donors (Lipinski definition) is 1. The highest BCUT2D eigenvalue weighted by atomic mass is 19.3. The lowest BCUT2D eigenvalue weighted by molar-refractivity contribution is -0.0498. The van der Waals surface area contributed by atoms with Crippen molar-refractivity contribution in [2.45, 2.75) is 27.0 Å². The Morgan fingerprint density at radius 3 is 2.46 bits per heavy atom. The van der Waals surface area contributed by atoms with Gasteiger partial charge < -0.3 is 10.1 Å². The van der Waals surface area contributed by atoms with E-state index in [-0.39, 0.29) is 5.75 Å². The molecule has 0 radical (unpaired) electrons. The van der Waals surface area contributed by atoms with Crippen molar-refractivity contribution >= 4 is 5.82 Å². The number of hydrogen-bond acceptors (Lipinski definition) is 5. The monoisotopic (exact) mass is 356 g/mol.